The minimum absolute atomic E-state index is 0.00364. The first-order chi connectivity index (χ1) is 17.0. The third kappa shape index (κ3) is 7.84. The molecule has 1 N–H and O–H groups in total. The molecule has 0 aliphatic heterocycles. The van der Waals surface area contributed by atoms with Gasteiger partial charge in [0.05, 0.1) is 17.8 Å². The first-order valence-electron chi connectivity index (χ1n) is 11.6. The van der Waals surface area contributed by atoms with Crippen molar-refractivity contribution < 1.29 is 22.8 Å². The highest BCUT2D eigenvalue weighted by Gasteiger charge is 2.34. The maximum Gasteiger partial charge on any atom is 0.418 e. The van der Waals surface area contributed by atoms with Crippen LogP contribution in [0.25, 0.3) is 0 Å². The van der Waals surface area contributed by atoms with Gasteiger partial charge in [0.1, 0.15) is 6.54 Å². The highest BCUT2D eigenvalue weighted by molar-refractivity contribution is 7.11. The third-order valence-corrected chi connectivity index (χ3v) is 6.37. The minimum atomic E-state index is -4.62. The third-order valence-electron chi connectivity index (χ3n) is 5.38. The number of carbonyl (C=O) groups excluding carboxylic acids is 2. The van der Waals surface area contributed by atoms with Crippen molar-refractivity contribution in [3.8, 4) is 0 Å². The Kier molecular flexibility index (Phi) is 9.14. The molecule has 1 aromatic heterocycles. The molecule has 0 aliphatic carbocycles. The lowest BCUT2D eigenvalue weighted by atomic mass is 10.1. The molecule has 0 radical (unpaired) electrons. The van der Waals surface area contributed by atoms with Crippen molar-refractivity contribution in [2.75, 3.05) is 18.4 Å². The Labute approximate surface area is 213 Å². The van der Waals surface area contributed by atoms with Gasteiger partial charge in [-0.05, 0) is 42.7 Å². The summed E-state index contributed by atoms with van der Waals surface area (Å²) in [6.45, 7) is 6.43. The summed E-state index contributed by atoms with van der Waals surface area (Å²) in [5, 5.41) is 2.37. The van der Waals surface area contributed by atoms with Crippen LogP contribution in [0.4, 0.5) is 23.7 Å². The van der Waals surface area contributed by atoms with E-state index in [0.29, 0.717) is 13.1 Å². The first kappa shape index (κ1) is 27.3. The van der Waals surface area contributed by atoms with Gasteiger partial charge >= 0.3 is 12.2 Å². The van der Waals surface area contributed by atoms with Crippen LogP contribution >= 0.6 is 11.3 Å². The largest absolute Gasteiger partial charge is 0.418 e. The van der Waals surface area contributed by atoms with Crippen molar-refractivity contribution in [1.82, 2.24) is 9.80 Å². The smallest absolute Gasteiger partial charge is 0.332 e. The Morgan fingerprint density at radius 3 is 2.19 bits per heavy atom. The van der Waals surface area contributed by atoms with E-state index in [1.807, 2.05) is 63.2 Å². The number of aryl methyl sites for hydroxylation is 1. The monoisotopic (exact) mass is 517 g/mol. The zero-order valence-electron chi connectivity index (χ0n) is 20.5. The second kappa shape index (κ2) is 12.1. The average molecular weight is 518 g/mol. The maximum atomic E-state index is 13.5. The van der Waals surface area contributed by atoms with E-state index >= 15 is 0 Å². The van der Waals surface area contributed by atoms with E-state index in [2.05, 4.69) is 5.32 Å². The fourth-order valence-corrected chi connectivity index (χ4v) is 4.66. The number of halogens is 3. The van der Waals surface area contributed by atoms with Crippen LogP contribution < -0.4 is 5.32 Å². The van der Waals surface area contributed by atoms with Crippen LogP contribution in [-0.2, 0) is 24.1 Å². The second-order valence-corrected chi connectivity index (χ2v) is 10.4. The number of hydrogen-bond acceptors (Lipinski definition) is 3. The summed E-state index contributed by atoms with van der Waals surface area (Å²) in [5.74, 6) is -0.284. The van der Waals surface area contributed by atoms with Gasteiger partial charge in [-0.3, -0.25) is 4.79 Å². The number of hydrogen-bond donors (Lipinski definition) is 1. The van der Waals surface area contributed by atoms with E-state index in [1.54, 1.807) is 16.2 Å². The zero-order valence-corrected chi connectivity index (χ0v) is 21.3. The number of rotatable bonds is 9. The minimum Gasteiger partial charge on any atom is -0.332 e. The molecule has 2 aromatic carbocycles. The standard InChI is InChI=1S/C27H30F3N3O2S/c1-19(2)15-33(26(35)31-24-12-8-7-11-23(24)27(28,29)30)18-25(34)32(16-21-9-5-4-6-10-21)17-22-14-13-20(3)36-22/h4-14,19H,15-18H2,1-3H3,(H,31,35). The highest BCUT2D eigenvalue weighted by atomic mass is 32.1. The van der Waals surface area contributed by atoms with Gasteiger partial charge in [0, 0.05) is 22.8 Å². The Morgan fingerprint density at radius 2 is 1.58 bits per heavy atom. The number of thiophene rings is 1. The van der Waals surface area contributed by atoms with Crippen molar-refractivity contribution in [1.29, 1.82) is 0 Å². The number of urea groups is 1. The highest BCUT2D eigenvalue weighted by Crippen LogP contribution is 2.34. The van der Waals surface area contributed by atoms with Crippen molar-refractivity contribution >= 4 is 29.0 Å². The molecule has 192 valence electrons. The molecule has 1 heterocycles. The van der Waals surface area contributed by atoms with Gasteiger partial charge in [0.15, 0.2) is 0 Å². The molecule has 0 spiro atoms. The molecule has 0 aliphatic rings. The van der Waals surface area contributed by atoms with Gasteiger partial charge < -0.3 is 15.1 Å². The van der Waals surface area contributed by atoms with Gasteiger partial charge in [-0.15, -0.1) is 11.3 Å². The van der Waals surface area contributed by atoms with Gasteiger partial charge in [0.2, 0.25) is 5.91 Å². The van der Waals surface area contributed by atoms with E-state index in [-0.39, 0.29) is 30.6 Å². The number of para-hydroxylation sites is 1. The SMILES string of the molecule is Cc1ccc(CN(Cc2ccccc2)C(=O)CN(CC(C)C)C(=O)Nc2ccccc2C(F)(F)F)s1. The van der Waals surface area contributed by atoms with Crippen molar-refractivity contribution in [3.05, 3.63) is 87.6 Å². The summed E-state index contributed by atoms with van der Waals surface area (Å²) in [5.41, 5.74) is -0.336. The fourth-order valence-electron chi connectivity index (χ4n) is 3.75. The van der Waals surface area contributed by atoms with Crippen molar-refractivity contribution in [2.24, 2.45) is 5.92 Å². The van der Waals surface area contributed by atoms with E-state index in [4.69, 9.17) is 0 Å². The lowest BCUT2D eigenvalue weighted by Crippen LogP contribution is -2.45. The molecule has 0 bridgehead atoms. The molecule has 0 unspecified atom stereocenters. The quantitative estimate of drug-likeness (QED) is 0.340. The lowest BCUT2D eigenvalue weighted by Gasteiger charge is -2.29. The molecule has 36 heavy (non-hydrogen) atoms. The summed E-state index contributed by atoms with van der Waals surface area (Å²) >= 11 is 1.59. The average Bonchev–Trinajstić information content (AvgIpc) is 3.22. The van der Waals surface area contributed by atoms with E-state index in [0.717, 1.165) is 21.4 Å². The van der Waals surface area contributed by atoms with Gasteiger partial charge in [0.25, 0.3) is 0 Å². The molecule has 0 fully saturated rings. The number of alkyl halides is 3. The molecule has 3 amide bonds. The van der Waals surface area contributed by atoms with Crippen LogP contribution in [0.15, 0.2) is 66.7 Å². The topological polar surface area (TPSA) is 52.7 Å². The predicted octanol–water partition coefficient (Wildman–Crippen LogP) is 6.79. The van der Waals surface area contributed by atoms with Crippen LogP contribution in [0.1, 0.15) is 34.7 Å². The maximum absolute atomic E-state index is 13.5. The van der Waals surface area contributed by atoms with Gasteiger partial charge in [-0.25, -0.2) is 4.79 Å². The van der Waals surface area contributed by atoms with Crippen LogP contribution in [-0.4, -0.2) is 34.8 Å². The van der Waals surface area contributed by atoms with Crippen molar-refractivity contribution in [2.45, 2.75) is 40.0 Å². The molecule has 3 rings (SSSR count). The lowest BCUT2D eigenvalue weighted by molar-refractivity contribution is -0.137. The summed E-state index contributed by atoms with van der Waals surface area (Å²) in [7, 11) is 0. The molecule has 3 aromatic rings. The number of benzene rings is 2. The summed E-state index contributed by atoms with van der Waals surface area (Å²) in [6, 6.07) is 17.5. The summed E-state index contributed by atoms with van der Waals surface area (Å²) < 4.78 is 40.3. The second-order valence-electron chi connectivity index (χ2n) is 9.00. The van der Waals surface area contributed by atoms with Crippen LogP contribution in [0.5, 0.6) is 0 Å². The van der Waals surface area contributed by atoms with Crippen molar-refractivity contribution in [3.63, 3.8) is 0 Å². The normalized spacial score (nSPS) is 11.4. The number of anilines is 1. The number of amides is 3. The molecule has 0 atom stereocenters. The fraction of sp³-hybridized carbons (Fsp3) is 0.333. The number of nitrogens with one attached hydrogen (secondary N) is 1. The Bertz CT molecular complexity index is 1160. The first-order valence-corrected chi connectivity index (χ1v) is 12.4. The zero-order chi connectivity index (χ0) is 26.3. The number of nitrogens with zero attached hydrogens (tertiary/aromatic N) is 2. The molecule has 9 heteroatoms. The van der Waals surface area contributed by atoms with E-state index < -0.39 is 17.8 Å². The molecular formula is C27H30F3N3O2S. The van der Waals surface area contributed by atoms with Gasteiger partial charge in [-0.2, -0.15) is 13.2 Å². The Hall–Kier alpha value is -3.33. The van der Waals surface area contributed by atoms with E-state index in [9.17, 15) is 22.8 Å². The Balaban J connectivity index is 1.81. The van der Waals surface area contributed by atoms with E-state index in [1.165, 1.54) is 23.1 Å². The molecule has 5 nitrogen and oxygen atoms in total. The predicted molar refractivity (Wildman–Crippen MR) is 137 cm³/mol. The van der Waals surface area contributed by atoms with Crippen LogP contribution in [0.2, 0.25) is 0 Å². The Morgan fingerprint density at radius 1 is 0.917 bits per heavy atom. The molecule has 0 saturated carbocycles. The van der Waals surface area contributed by atoms with Gasteiger partial charge in [-0.1, -0.05) is 56.3 Å². The summed E-state index contributed by atoms with van der Waals surface area (Å²) in [6.07, 6.45) is -4.62. The molecular weight excluding hydrogens is 487 g/mol. The van der Waals surface area contributed by atoms with Crippen LogP contribution in [0, 0.1) is 12.8 Å². The summed E-state index contributed by atoms with van der Waals surface area (Å²) in [4.78, 5) is 31.6. The van der Waals surface area contributed by atoms with Crippen LogP contribution in [0.3, 0.4) is 0 Å². The number of carbonyl (C=O) groups is 2. The molecule has 0 saturated heterocycles.